The van der Waals surface area contributed by atoms with Crippen LogP contribution in [0.1, 0.15) is 58.9 Å². The van der Waals surface area contributed by atoms with E-state index in [-0.39, 0.29) is 6.04 Å². The van der Waals surface area contributed by atoms with Crippen LogP contribution in [0.4, 0.5) is 5.82 Å². The average molecular weight is 518 g/mol. The Morgan fingerprint density at radius 2 is 2.00 bits per heavy atom. The molecule has 2 aliphatic rings. The third-order valence-corrected chi connectivity index (χ3v) is 7.14. The molecule has 206 valence electrons. The van der Waals surface area contributed by atoms with E-state index in [4.69, 9.17) is 16.1 Å². The summed E-state index contributed by atoms with van der Waals surface area (Å²) in [4.78, 5) is 11.9. The van der Waals surface area contributed by atoms with Gasteiger partial charge in [0.25, 0.3) is 0 Å². The molecule has 1 aromatic rings. The normalized spacial score (nSPS) is 18.1. The van der Waals surface area contributed by atoms with Crippen LogP contribution in [-0.4, -0.2) is 73.0 Å². The number of aromatic nitrogens is 1. The Morgan fingerprint density at radius 1 is 1.21 bits per heavy atom. The van der Waals surface area contributed by atoms with Gasteiger partial charge in [-0.1, -0.05) is 32.1 Å². The molecule has 3 rings (SSSR count). The Bertz CT molecular complexity index is 1060. The molecule has 0 radical (unpaired) electrons. The molecule has 0 amide bonds. The SMILES string of the molecule is CCC/C(=C\N(C)CC)CN(CC)CN(CC)c1ccc(C2=CC(C#CC3CC3)=CNC2C(N)C=N)cn1. The van der Waals surface area contributed by atoms with Crippen LogP contribution < -0.4 is 16.0 Å². The smallest absolute Gasteiger partial charge is 0.129 e. The number of nitrogens with one attached hydrogen (secondary N) is 2. The van der Waals surface area contributed by atoms with E-state index >= 15 is 0 Å². The van der Waals surface area contributed by atoms with E-state index in [9.17, 15) is 0 Å². The van der Waals surface area contributed by atoms with Gasteiger partial charge in [0.1, 0.15) is 5.82 Å². The molecule has 38 heavy (non-hydrogen) atoms. The zero-order valence-corrected chi connectivity index (χ0v) is 24.0. The van der Waals surface area contributed by atoms with Crippen molar-refractivity contribution >= 4 is 17.6 Å². The predicted molar refractivity (Wildman–Crippen MR) is 161 cm³/mol. The summed E-state index contributed by atoms with van der Waals surface area (Å²) in [5.41, 5.74) is 10.7. The first-order chi connectivity index (χ1) is 18.4. The fourth-order valence-corrected chi connectivity index (χ4v) is 4.51. The Balaban J connectivity index is 1.77. The van der Waals surface area contributed by atoms with E-state index in [2.05, 4.69) is 91.0 Å². The summed E-state index contributed by atoms with van der Waals surface area (Å²) >= 11 is 0. The number of dihydropyridines is 1. The maximum absolute atomic E-state index is 7.72. The second-order valence-corrected chi connectivity index (χ2v) is 10.3. The van der Waals surface area contributed by atoms with E-state index in [0.29, 0.717) is 5.92 Å². The van der Waals surface area contributed by atoms with Gasteiger partial charge in [0.05, 0.1) is 18.8 Å². The number of nitrogens with two attached hydrogens (primary N) is 1. The maximum atomic E-state index is 7.72. The van der Waals surface area contributed by atoms with Crippen molar-refractivity contribution in [1.82, 2.24) is 20.1 Å². The lowest BCUT2D eigenvalue weighted by Gasteiger charge is -2.31. The molecular formula is C31H47N7. The van der Waals surface area contributed by atoms with Gasteiger partial charge in [-0.25, -0.2) is 4.98 Å². The molecule has 1 fully saturated rings. The fraction of sp³-hybridized carbons (Fsp3) is 0.548. The average Bonchev–Trinajstić information content (AvgIpc) is 3.78. The summed E-state index contributed by atoms with van der Waals surface area (Å²) < 4.78 is 0. The minimum absolute atomic E-state index is 0.186. The third kappa shape index (κ3) is 8.47. The molecule has 2 unspecified atom stereocenters. The first-order valence-corrected chi connectivity index (χ1v) is 14.2. The Hall–Kier alpha value is -3.08. The van der Waals surface area contributed by atoms with Crippen molar-refractivity contribution in [1.29, 1.82) is 5.41 Å². The number of likely N-dealkylation sites (N-methyl/N-ethyl adjacent to an activating group) is 1. The van der Waals surface area contributed by atoms with Gasteiger partial charge in [-0.15, -0.1) is 0 Å². The molecule has 2 heterocycles. The molecule has 0 bridgehead atoms. The summed E-state index contributed by atoms with van der Waals surface area (Å²) in [5.74, 6) is 8.14. The quantitative estimate of drug-likeness (QED) is 0.192. The highest BCUT2D eigenvalue weighted by Crippen LogP contribution is 2.29. The Morgan fingerprint density at radius 3 is 2.58 bits per heavy atom. The highest BCUT2D eigenvalue weighted by atomic mass is 15.3. The molecular weight excluding hydrogens is 470 g/mol. The summed E-state index contributed by atoms with van der Waals surface area (Å²) in [6.07, 6.45) is 14.2. The molecule has 1 aromatic heterocycles. The summed E-state index contributed by atoms with van der Waals surface area (Å²) in [5, 5.41) is 11.1. The number of anilines is 1. The van der Waals surface area contributed by atoms with Crippen molar-refractivity contribution in [2.45, 2.75) is 65.5 Å². The van der Waals surface area contributed by atoms with Crippen LogP contribution in [0.3, 0.4) is 0 Å². The molecule has 1 aliphatic carbocycles. The lowest BCUT2D eigenvalue weighted by molar-refractivity contribution is 0.304. The van der Waals surface area contributed by atoms with Gasteiger partial charge < -0.3 is 26.3 Å². The van der Waals surface area contributed by atoms with Gasteiger partial charge in [0, 0.05) is 56.8 Å². The predicted octanol–water partition coefficient (Wildman–Crippen LogP) is 4.45. The molecule has 7 nitrogen and oxygen atoms in total. The molecule has 2 atom stereocenters. The molecule has 1 aliphatic heterocycles. The molecule has 0 saturated heterocycles. The molecule has 7 heteroatoms. The van der Waals surface area contributed by atoms with Crippen LogP contribution in [0.15, 0.2) is 48.0 Å². The van der Waals surface area contributed by atoms with Crippen LogP contribution in [0.5, 0.6) is 0 Å². The number of hydrogen-bond donors (Lipinski definition) is 3. The van der Waals surface area contributed by atoms with Gasteiger partial charge in [0.15, 0.2) is 0 Å². The Labute approximate surface area is 230 Å². The number of allylic oxidation sites excluding steroid dienone is 2. The molecule has 4 N–H and O–H groups in total. The minimum atomic E-state index is -0.433. The largest absolute Gasteiger partial charge is 0.381 e. The minimum Gasteiger partial charge on any atom is -0.381 e. The lowest BCUT2D eigenvalue weighted by atomic mass is 9.91. The van der Waals surface area contributed by atoms with Gasteiger partial charge in [-0.2, -0.15) is 0 Å². The zero-order chi connectivity index (χ0) is 27.5. The van der Waals surface area contributed by atoms with Crippen molar-refractivity contribution in [3.05, 3.63) is 53.5 Å². The van der Waals surface area contributed by atoms with Crippen molar-refractivity contribution in [2.75, 3.05) is 44.8 Å². The van der Waals surface area contributed by atoms with Crippen LogP contribution in [-0.2, 0) is 0 Å². The van der Waals surface area contributed by atoms with Crippen molar-refractivity contribution < 1.29 is 0 Å². The van der Waals surface area contributed by atoms with Crippen LogP contribution in [0.25, 0.3) is 5.57 Å². The maximum Gasteiger partial charge on any atom is 0.129 e. The summed E-state index contributed by atoms with van der Waals surface area (Å²) in [6.45, 7) is 13.5. The monoisotopic (exact) mass is 517 g/mol. The third-order valence-electron chi connectivity index (χ3n) is 7.14. The highest BCUT2D eigenvalue weighted by molar-refractivity contribution is 5.80. The van der Waals surface area contributed by atoms with E-state index in [0.717, 1.165) is 68.2 Å². The van der Waals surface area contributed by atoms with E-state index in [1.165, 1.54) is 24.6 Å². The van der Waals surface area contributed by atoms with Gasteiger partial charge >= 0.3 is 0 Å². The van der Waals surface area contributed by atoms with Gasteiger partial charge in [-0.3, -0.25) is 4.90 Å². The zero-order valence-electron chi connectivity index (χ0n) is 24.0. The fourth-order valence-electron chi connectivity index (χ4n) is 4.51. The van der Waals surface area contributed by atoms with Crippen LogP contribution >= 0.6 is 0 Å². The molecule has 1 saturated carbocycles. The number of nitrogens with zero attached hydrogens (tertiary/aromatic N) is 4. The van der Waals surface area contributed by atoms with E-state index in [1.54, 1.807) is 0 Å². The van der Waals surface area contributed by atoms with Gasteiger partial charge in [0.2, 0.25) is 0 Å². The van der Waals surface area contributed by atoms with Crippen molar-refractivity contribution in [3.8, 4) is 11.8 Å². The van der Waals surface area contributed by atoms with Crippen LogP contribution in [0.2, 0.25) is 0 Å². The summed E-state index contributed by atoms with van der Waals surface area (Å²) in [6, 6.07) is 3.60. The van der Waals surface area contributed by atoms with Gasteiger partial charge in [-0.05, 0) is 80.8 Å². The van der Waals surface area contributed by atoms with Crippen LogP contribution in [0, 0.1) is 23.2 Å². The second-order valence-electron chi connectivity index (χ2n) is 10.3. The standard InChI is InChI=1S/C31H47N7/c1-6-10-26(21-36(5)7-2)22-37(8-3)23-38(9-4)30-16-15-27(20-34-30)28-17-25(14-13-24-11-12-24)19-35-31(28)29(33)18-32/h15-21,24,29,31-32,35H,6-12,22-23,33H2,1-5H3/b26-21+,32-18?. The first kappa shape index (κ1) is 29.5. The van der Waals surface area contributed by atoms with Crippen molar-refractivity contribution in [3.63, 3.8) is 0 Å². The topological polar surface area (TPSA) is 84.5 Å². The highest BCUT2D eigenvalue weighted by Gasteiger charge is 2.25. The number of pyridine rings is 1. The van der Waals surface area contributed by atoms with Crippen molar-refractivity contribution in [2.24, 2.45) is 11.7 Å². The molecule has 0 aromatic carbocycles. The second kappa shape index (κ2) is 14.8. The Kier molecular flexibility index (Phi) is 11.4. The van der Waals surface area contributed by atoms with E-state index < -0.39 is 6.04 Å². The number of hydrogen-bond acceptors (Lipinski definition) is 7. The summed E-state index contributed by atoms with van der Waals surface area (Å²) in [7, 11) is 2.14. The van der Waals surface area contributed by atoms with E-state index in [1.807, 2.05) is 12.4 Å². The number of rotatable bonds is 14. The first-order valence-electron chi connectivity index (χ1n) is 14.2. The lowest BCUT2D eigenvalue weighted by Crippen LogP contribution is -2.46. The molecule has 0 spiro atoms.